The van der Waals surface area contributed by atoms with Gasteiger partial charge in [-0.15, -0.1) is 6.58 Å². The molecule has 0 bridgehead atoms. The molecule has 0 aliphatic heterocycles. The SMILES string of the molecule is C=CC[C@](C)(NOCc1ccccc1)[C@@H](OC)[C@H](C)O. The van der Waals surface area contributed by atoms with Crippen molar-refractivity contribution < 1.29 is 14.7 Å². The van der Waals surface area contributed by atoms with Crippen molar-refractivity contribution in [2.45, 2.75) is 44.6 Å². The van der Waals surface area contributed by atoms with E-state index in [-0.39, 0.29) is 0 Å². The Balaban J connectivity index is 2.64. The van der Waals surface area contributed by atoms with Crippen LogP contribution in [0.3, 0.4) is 0 Å². The average Bonchev–Trinajstić information content (AvgIpc) is 2.40. The van der Waals surface area contributed by atoms with Crippen LogP contribution in [0.25, 0.3) is 0 Å². The van der Waals surface area contributed by atoms with E-state index in [1.165, 1.54) is 0 Å². The minimum atomic E-state index is -0.613. The molecule has 0 heterocycles. The highest BCUT2D eigenvalue weighted by molar-refractivity contribution is 5.13. The molecule has 20 heavy (non-hydrogen) atoms. The number of hydrogen-bond acceptors (Lipinski definition) is 4. The summed E-state index contributed by atoms with van der Waals surface area (Å²) < 4.78 is 5.39. The van der Waals surface area contributed by atoms with E-state index in [9.17, 15) is 5.11 Å². The number of benzene rings is 1. The average molecular weight is 279 g/mol. The molecule has 0 unspecified atom stereocenters. The van der Waals surface area contributed by atoms with Crippen LogP contribution in [0.15, 0.2) is 43.0 Å². The number of aliphatic hydroxyl groups is 1. The fraction of sp³-hybridized carbons (Fsp3) is 0.500. The summed E-state index contributed by atoms with van der Waals surface area (Å²) in [5, 5.41) is 9.84. The Morgan fingerprint density at radius 3 is 2.55 bits per heavy atom. The van der Waals surface area contributed by atoms with Crippen LogP contribution >= 0.6 is 0 Å². The van der Waals surface area contributed by atoms with Gasteiger partial charge in [-0.2, -0.15) is 5.48 Å². The lowest BCUT2D eigenvalue weighted by molar-refractivity contribution is -0.118. The monoisotopic (exact) mass is 279 g/mol. The second kappa shape index (κ2) is 8.17. The summed E-state index contributed by atoms with van der Waals surface area (Å²) >= 11 is 0. The molecular weight excluding hydrogens is 254 g/mol. The van der Waals surface area contributed by atoms with E-state index in [0.717, 1.165) is 5.56 Å². The maximum Gasteiger partial charge on any atom is 0.103 e. The van der Waals surface area contributed by atoms with E-state index in [0.29, 0.717) is 13.0 Å². The first-order valence-electron chi connectivity index (χ1n) is 6.78. The third kappa shape index (κ3) is 4.72. The van der Waals surface area contributed by atoms with Crippen molar-refractivity contribution in [3.63, 3.8) is 0 Å². The molecule has 0 saturated heterocycles. The third-order valence-corrected chi connectivity index (χ3v) is 3.28. The second-order valence-electron chi connectivity index (χ2n) is 5.18. The van der Waals surface area contributed by atoms with Crippen LogP contribution in [-0.2, 0) is 16.2 Å². The van der Waals surface area contributed by atoms with Crippen molar-refractivity contribution in [3.05, 3.63) is 48.6 Å². The van der Waals surface area contributed by atoms with E-state index in [4.69, 9.17) is 9.57 Å². The van der Waals surface area contributed by atoms with Crippen molar-refractivity contribution in [2.75, 3.05) is 7.11 Å². The van der Waals surface area contributed by atoms with Crippen molar-refractivity contribution in [3.8, 4) is 0 Å². The van der Waals surface area contributed by atoms with E-state index >= 15 is 0 Å². The molecule has 0 fully saturated rings. The van der Waals surface area contributed by atoms with E-state index in [1.807, 2.05) is 37.3 Å². The van der Waals surface area contributed by atoms with Crippen molar-refractivity contribution in [1.29, 1.82) is 0 Å². The zero-order chi connectivity index (χ0) is 15.0. The highest BCUT2D eigenvalue weighted by atomic mass is 16.6. The molecule has 0 aliphatic rings. The van der Waals surface area contributed by atoms with Crippen molar-refractivity contribution >= 4 is 0 Å². The van der Waals surface area contributed by atoms with Crippen LogP contribution in [0.4, 0.5) is 0 Å². The third-order valence-electron chi connectivity index (χ3n) is 3.28. The molecular formula is C16H25NO3. The van der Waals surface area contributed by atoms with Gasteiger partial charge in [0.05, 0.1) is 18.2 Å². The van der Waals surface area contributed by atoms with Gasteiger partial charge < -0.3 is 9.84 Å². The van der Waals surface area contributed by atoms with Gasteiger partial charge in [0.25, 0.3) is 0 Å². The maximum absolute atomic E-state index is 9.84. The Hall–Kier alpha value is -1.20. The quantitative estimate of drug-likeness (QED) is 0.538. The number of hydroxylamine groups is 1. The second-order valence-corrected chi connectivity index (χ2v) is 5.18. The van der Waals surface area contributed by atoms with Gasteiger partial charge in [-0.1, -0.05) is 36.4 Å². The Kier molecular flexibility index (Phi) is 6.88. The summed E-state index contributed by atoms with van der Waals surface area (Å²) in [4.78, 5) is 5.58. The van der Waals surface area contributed by atoms with Crippen LogP contribution in [0, 0.1) is 0 Å². The zero-order valence-electron chi connectivity index (χ0n) is 12.5. The molecule has 4 heteroatoms. The smallest absolute Gasteiger partial charge is 0.103 e. The standard InChI is InChI=1S/C16H25NO3/c1-5-11-16(3,15(19-4)13(2)18)17-20-12-14-9-7-6-8-10-14/h5-10,13,15,17-18H,1,11-12H2,2-4H3/t13-,15-,16-/m0/s1. The molecule has 0 radical (unpaired) electrons. The van der Waals surface area contributed by atoms with Gasteiger partial charge in [0.2, 0.25) is 0 Å². The molecule has 0 aliphatic carbocycles. The van der Waals surface area contributed by atoms with Gasteiger partial charge in [-0.25, -0.2) is 0 Å². The summed E-state index contributed by atoms with van der Waals surface area (Å²) in [7, 11) is 1.58. The fourth-order valence-electron chi connectivity index (χ4n) is 2.36. The number of aliphatic hydroxyl groups excluding tert-OH is 1. The lowest BCUT2D eigenvalue weighted by Gasteiger charge is -2.38. The number of ether oxygens (including phenoxy) is 1. The van der Waals surface area contributed by atoms with E-state index < -0.39 is 17.7 Å². The van der Waals surface area contributed by atoms with Crippen LogP contribution < -0.4 is 5.48 Å². The predicted molar refractivity (Wildman–Crippen MR) is 80.1 cm³/mol. The molecule has 1 rings (SSSR count). The van der Waals surface area contributed by atoms with Gasteiger partial charge in [-0.3, -0.25) is 4.84 Å². The lowest BCUT2D eigenvalue weighted by Crippen LogP contribution is -2.56. The minimum Gasteiger partial charge on any atom is -0.391 e. The number of nitrogens with one attached hydrogen (secondary N) is 1. The molecule has 2 N–H and O–H groups in total. The highest BCUT2D eigenvalue weighted by Gasteiger charge is 2.37. The molecule has 0 amide bonds. The molecule has 3 atom stereocenters. The van der Waals surface area contributed by atoms with Gasteiger partial charge >= 0.3 is 0 Å². The Bertz CT molecular complexity index is 394. The summed E-state index contributed by atoms with van der Waals surface area (Å²) in [6, 6.07) is 9.89. The molecule has 0 saturated carbocycles. The maximum atomic E-state index is 9.84. The summed E-state index contributed by atoms with van der Waals surface area (Å²) in [5.41, 5.74) is 3.56. The van der Waals surface area contributed by atoms with Gasteiger partial charge in [0.1, 0.15) is 6.10 Å². The molecule has 4 nitrogen and oxygen atoms in total. The van der Waals surface area contributed by atoms with Crippen LogP contribution in [0.5, 0.6) is 0 Å². The first-order valence-corrected chi connectivity index (χ1v) is 6.78. The van der Waals surface area contributed by atoms with Crippen LogP contribution in [0.2, 0.25) is 0 Å². The van der Waals surface area contributed by atoms with Crippen molar-refractivity contribution in [2.24, 2.45) is 0 Å². The number of rotatable bonds is 9. The van der Waals surface area contributed by atoms with Gasteiger partial charge in [-0.05, 0) is 25.8 Å². The zero-order valence-corrected chi connectivity index (χ0v) is 12.5. The lowest BCUT2D eigenvalue weighted by atomic mass is 9.88. The van der Waals surface area contributed by atoms with Gasteiger partial charge in [0, 0.05) is 7.11 Å². The highest BCUT2D eigenvalue weighted by Crippen LogP contribution is 2.21. The molecule has 112 valence electrons. The first kappa shape index (κ1) is 16.9. The summed E-state index contributed by atoms with van der Waals surface area (Å²) in [5.74, 6) is 0. The summed E-state index contributed by atoms with van der Waals surface area (Å²) in [6.45, 7) is 7.85. The van der Waals surface area contributed by atoms with Crippen LogP contribution in [-0.4, -0.2) is 30.0 Å². The number of hydrogen-bond donors (Lipinski definition) is 2. The van der Waals surface area contributed by atoms with Crippen LogP contribution in [0.1, 0.15) is 25.8 Å². The Morgan fingerprint density at radius 1 is 1.40 bits per heavy atom. The largest absolute Gasteiger partial charge is 0.391 e. The molecule has 1 aromatic rings. The number of methoxy groups -OCH3 is 1. The Labute approximate surface area is 121 Å². The van der Waals surface area contributed by atoms with E-state index in [1.54, 1.807) is 20.1 Å². The van der Waals surface area contributed by atoms with Gasteiger partial charge in [0.15, 0.2) is 0 Å². The summed E-state index contributed by atoms with van der Waals surface area (Å²) in [6.07, 6.45) is 1.40. The molecule has 1 aromatic carbocycles. The Morgan fingerprint density at radius 2 is 2.05 bits per heavy atom. The van der Waals surface area contributed by atoms with Crippen molar-refractivity contribution in [1.82, 2.24) is 5.48 Å². The normalized spacial score (nSPS) is 17.2. The molecule has 0 aromatic heterocycles. The van der Waals surface area contributed by atoms with E-state index in [2.05, 4.69) is 12.1 Å². The fourth-order valence-corrected chi connectivity index (χ4v) is 2.36. The topological polar surface area (TPSA) is 50.7 Å². The minimum absolute atomic E-state index is 0.392. The molecule has 0 spiro atoms. The first-order chi connectivity index (χ1) is 9.53. The predicted octanol–water partition coefficient (Wildman–Crippen LogP) is 2.44.